The van der Waals surface area contributed by atoms with Gasteiger partial charge in [0, 0.05) is 19.3 Å². The van der Waals surface area contributed by atoms with Crippen molar-refractivity contribution in [3.05, 3.63) is 59.7 Å². The van der Waals surface area contributed by atoms with Crippen molar-refractivity contribution in [1.82, 2.24) is 0 Å². The second kappa shape index (κ2) is 6.10. The summed E-state index contributed by atoms with van der Waals surface area (Å²) >= 11 is 0. The van der Waals surface area contributed by atoms with Gasteiger partial charge in [0.2, 0.25) is 0 Å². The summed E-state index contributed by atoms with van der Waals surface area (Å²) in [6.07, 6.45) is 0. The molecule has 2 aromatic carbocycles. The minimum atomic E-state index is -0.330. The predicted octanol–water partition coefficient (Wildman–Crippen LogP) is 2.82. The summed E-state index contributed by atoms with van der Waals surface area (Å²) in [5.41, 5.74) is 2.65. The fourth-order valence-corrected chi connectivity index (χ4v) is 1.94. The Balaban J connectivity index is 2.06. The Kier molecular flexibility index (Phi) is 4.25. The molecular formula is C16H17NO3. The fourth-order valence-electron chi connectivity index (χ4n) is 1.94. The van der Waals surface area contributed by atoms with Crippen LogP contribution in [-0.2, 0) is 11.3 Å². The van der Waals surface area contributed by atoms with Crippen LogP contribution in [0.25, 0.3) is 0 Å². The number of aromatic hydroxyl groups is 1. The van der Waals surface area contributed by atoms with E-state index in [0.29, 0.717) is 12.1 Å². The molecule has 0 saturated carbocycles. The molecule has 0 heterocycles. The molecule has 0 radical (unpaired) electrons. The molecule has 0 aliphatic carbocycles. The molecule has 104 valence electrons. The highest BCUT2D eigenvalue weighted by atomic mass is 16.5. The molecule has 2 aromatic rings. The van der Waals surface area contributed by atoms with Crippen LogP contribution in [0.4, 0.5) is 5.69 Å². The van der Waals surface area contributed by atoms with E-state index in [2.05, 4.69) is 9.64 Å². The van der Waals surface area contributed by atoms with Gasteiger partial charge < -0.3 is 14.7 Å². The van der Waals surface area contributed by atoms with E-state index >= 15 is 0 Å². The molecule has 0 saturated heterocycles. The number of phenolic OH excluding ortho intramolecular Hbond substituents is 1. The zero-order valence-electron chi connectivity index (χ0n) is 11.5. The van der Waals surface area contributed by atoms with E-state index in [9.17, 15) is 9.90 Å². The third-order valence-electron chi connectivity index (χ3n) is 3.09. The number of nitrogens with zero attached hydrogens (tertiary/aromatic N) is 1. The lowest BCUT2D eigenvalue weighted by molar-refractivity contribution is 0.0600. The van der Waals surface area contributed by atoms with Gasteiger partial charge in [0.15, 0.2) is 0 Å². The van der Waals surface area contributed by atoms with Crippen LogP contribution >= 0.6 is 0 Å². The number of rotatable bonds is 4. The molecule has 0 fully saturated rings. The standard InChI is InChI=1S/C16H17NO3/c1-17(14-7-9-15(18)10-8-14)11-12-3-5-13(6-4-12)16(19)20-2/h3-10,18H,11H2,1-2H3. The molecule has 0 atom stereocenters. The van der Waals surface area contributed by atoms with Gasteiger partial charge >= 0.3 is 5.97 Å². The second-order valence-electron chi connectivity index (χ2n) is 4.56. The Morgan fingerprint density at radius 3 is 2.25 bits per heavy atom. The van der Waals surface area contributed by atoms with E-state index in [1.54, 1.807) is 24.3 Å². The minimum Gasteiger partial charge on any atom is -0.508 e. The Bertz CT molecular complexity index is 576. The van der Waals surface area contributed by atoms with Crippen molar-refractivity contribution in [2.24, 2.45) is 0 Å². The molecule has 4 heteroatoms. The van der Waals surface area contributed by atoms with E-state index in [1.807, 2.05) is 31.3 Å². The number of esters is 1. The first-order valence-electron chi connectivity index (χ1n) is 6.27. The smallest absolute Gasteiger partial charge is 0.337 e. The van der Waals surface area contributed by atoms with Gasteiger partial charge in [0.05, 0.1) is 12.7 Å². The first-order valence-corrected chi connectivity index (χ1v) is 6.27. The second-order valence-corrected chi connectivity index (χ2v) is 4.56. The summed E-state index contributed by atoms with van der Waals surface area (Å²) in [6.45, 7) is 0.715. The normalized spacial score (nSPS) is 10.1. The van der Waals surface area contributed by atoms with Crippen molar-refractivity contribution in [3.63, 3.8) is 0 Å². The number of hydrogen-bond acceptors (Lipinski definition) is 4. The van der Waals surface area contributed by atoms with Crippen LogP contribution in [0.15, 0.2) is 48.5 Å². The maximum atomic E-state index is 11.3. The molecule has 4 nitrogen and oxygen atoms in total. The molecule has 1 N–H and O–H groups in total. The van der Waals surface area contributed by atoms with Gasteiger partial charge in [-0.25, -0.2) is 4.79 Å². The molecule has 0 amide bonds. The first kappa shape index (κ1) is 13.9. The predicted molar refractivity (Wildman–Crippen MR) is 78.0 cm³/mol. The van der Waals surface area contributed by atoms with Gasteiger partial charge in [-0.3, -0.25) is 0 Å². The fraction of sp³-hybridized carbons (Fsp3) is 0.188. The average molecular weight is 271 g/mol. The summed E-state index contributed by atoms with van der Waals surface area (Å²) in [5.74, 6) is -0.0759. The Labute approximate surface area is 118 Å². The molecule has 20 heavy (non-hydrogen) atoms. The monoisotopic (exact) mass is 271 g/mol. The van der Waals surface area contributed by atoms with Crippen molar-refractivity contribution >= 4 is 11.7 Å². The topological polar surface area (TPSA) is 49.8 Å². The van der Waals surface area contributed by atoms with Crippen LogP contribution in [0.3, 0.4) is 0 Å². The van der Waals surface area contributed by atoms with E-state index < -0.39 is 0 Å². The maximum absolute atomic E-state index is 11.3. The van der Waals surface area contributed by atoms with Gasteiger partial charge in [-0.2, -0.15) is 0 Å². The van der Waals surface area contributed by atoms with E-state index in [-0.39, 0.29) is 11.7 Å². The van der Waals surface area contributed by atoms with E-state index in [4.69, 9.17) is 0 Å². The maximum Gasteiger partial charge on any atom is 0.337 e. The summed E-state index contributed by atoms with van der Waals surface area (Å²) in [6, 6.07) is 14.4. The molecule has 0 spiro atoms. The Morgan fingerprint density at radius 1 is 1.10 bits per heavy atom. The molecule has 0 aliphatic heterocycles. The first-order chi connectivity index (χ1) is 9.60. The number of hydrogen-bond donors (Lipinski definition) is 1. The van der Waals surface area contributed by atoms with Gasteiger partial charge in [-0.05, 0) is 42.0 Å². The van der Waals surface area contributed by atoms with Gasteiger partial charge in [0.1, 0.15) is 5.75 Å². The molecule has 0 bridgehead atoms. The molecule has 2 rings (SSSR count). The highest BCUT2D eigenvalue weighted by Crippen LogP contribution is 2.19. The number of carbonyl (C=O) groups is 1. The highest BCUT2D eigenvalue weighted by Gasteiger charge is 2.06. The Morgan fingerprint density at radius 2 is 1.70 bits per heavy atom. The van der Waals surface area contributed by atoms with Crippen LogP contribution in [0.5, 0.6) is 5.75 Å². The number of ether oxygens (including phenoxy) is 1. The Hall–Kier alpha value is -2.49. The van der Waals surface area contributed by atoms with Crippen molar-refractivity contribution in [1.29, 1.82) is 0 Å². The van der Waals surface area contributed by atoms with Gasteiger partial charge in [-0.15, -0.1) is 0 Å². The third kappa shape index (κ3) is 3.29. The average Bonchev–Trinajstić information content (AvgIpc) is 2.48. The minimum absolute atomic E-state index is 0.254. The van der Waals surface area contributed by atoms with Crippen LogP contribution in [0, 0.1) is 0 Å². The summed E-state index contributed by atoms with van der Waals surface area (Å²) in [5, 5.41) is 9.27. The zero-order valence-corrected chi connectivity index (χ0v) is 11.5. The van der Waals surface area contributed by atoms with Gasteiger partial charge in [-0.1, -0.05) is 12.1 Å². The number of carbonyl (C=O) groups excluding carboxylic acids is 1. The number of anilines is 1. The summed E-state index contributed by atoms with van der Waals surface area (Å²) in [7, 11) is 3.34. The largest absolute Gasteiger partial charge is 0.508 e. The van der Waals surface area contributed by atoms with Crippen molar-refractivity contribution in [2.45, 2.75) is 6.54 Å². The van der Waals surface area contributed by atoms with E-state index in [1.165, 1.54) is 7.11 Å². The SMILES string of the molecule is COC(=O)c1ccc(CN(C)c2ccc(O)cc2)cc1. The van der Waals surface area contributed by atoms with Crippen molar-refractivity contribution in [3.8, 4) is 5.75 Å². The molecule has 0 unspecified atom stereocenters. The van der Waals surface area contributed by atoms with Gasteiger partial charge in [0.25, 0.3) is 0 Å². The lowest BCUT2D eigenvalue weighted by Crippen LogP contribution is -2.16. The molecule has 0 aliphatic rings. The highest BCUT2D eigenvalue weighted by molar-refractivity contribution is 5.89. The number of benzene rings is 2. The summed E-state index contributed by atoms with van der Waals surface area (Å²) < 4.78 is 4.66. The molecular weight excluding hydrogens is 254 g/mol. The van der Waals surface area contributed by atoms with Crippen LogP contribution in [0.1, 0.15) is 15.9 Å². The quantitative estimate of drug-likeness (QED) is 0.869. The lowest BCUT2D eigenvalue weighted by Gasteiger charge is -2.19. The molecule has 0 aromatic heterocycles. The lowest BCUT2D eigenvalue weighted by atomic mass is 10.1. The van der Waals surface area contributed by atoms with Crippen LogP contribution in [0.2, 0.25) is 0 Å². The van der Waals surface area contributed by atoms with Crippen LogP contribution in [-0.4, -0.2) is 25.2 Å². The van der Waals surface area contributed by atoms with Crippen LogP contribution < -0.4 is 4.90 Å². The zero-order chi connectivity index (χ0) is 14.5. The van der Waals surface area contributed by atoms with Crippen molar-refractivity contribution in [2.75, 3.05) is 19.1 Å². The summed E-state index contributed by atoms with van der Waals surface area (Å²) in [4.78, 5) is 13.4. The third-order valence-corrected chi connectivity index (χ3v) is 3.09. The van der Waals surface area contributed by atoms with Crippen molar-refractivity contribution < 1.29 is 14.6 Å². The van der Waals surface area contributed by atoms with E-state index in [0.717, 1.165) is 11.3 Å². The number of methoxy groups -OCH3 is 1. The number of phenols is 1.